The van der Waals surface area contributed by atoms with Crippen LogP contribution in [0.2, 0.25) is 5.02 Å². The molecule has 39 heavy (non-hydrogen) atoms. The van der Waals surface area contributed by atoms with Gasteiger partial charge in [0.2, 0.25) is 0 Å². The third-order valence-corrected chi connectivity index (χ3v) is 7.66. The van der Waals surface area contributed by atoms with Crippen molar-refractivity contribution in [2.75, 3.05) is 12.4 Å². The summed E-state index contributed by atoms with van der Waals surface area (Å²) in [7, 11) is 1.90. The summed E-state index contributed by atoms with van der Waals surface area (Å²) >= 11 is 6.61. The van der Waals surface area contributed by atoms with Gasteiger partial charge in [0.05, 0.1) is 12.1 Å². The number of aliphatic hydroxyl groups is 1. The third-order valence-electron chi connectivity index (χ3n) is 7.33. The largest absolute Gasteiger partial charge is 0.392 e. The molecular formula is C34H28ClN3O. The second-order valence-electron chi connectivity index (χ2n) is 9.52. The van der Waals surface area contributed by atoms with Crippen LogP contribution in [0.25, 0.3) is 22.0 Å². The number of aromatic nitrogens is 2. The van der Waals surface area contributed by atoms with Crippen LogP contribution >= 0.6 is 11.6 Å². The van der Waals surface area contributed by atoms with E-state index in [1.54, 1.807) is 0 Å². The fourth-order valence-corrected chi connectivity index (χ4v) is 5.75. The van der Waals surface area contributed by atoms with Crippen molar-refractivity contribution in [1.29, 1.82) is 0 Å². The molecule has 6 rings (SSSR count). The van der Waals surface area contributed by atoms with Gasteiger partial charge in [-0.05, 0) is 52.1 Å². The standard InChI is InChI=1S/C34H28ClN3O/c1-36-33-30-22-25(29-21-24(23-39)17-19-31(29)35)18-20-32(30)38(37-33)34(26-11-5-2-6-12-26,27-13-7-3-8-14-27)28-15-9-4-10-16-28/h2-22,39H,23H2,1H3,(H,36,37). The Morgan fingerprint density at radius 3 is 1.82 bits per heavy atom. The average molecular weight is 530 g/mol. The van der Waals surface area contributed by atoms with Crippen molar-refractivity contribution >= 4 is 28.3 Å². The quantitative estimate of drug-likeness (QED) is 0.208. The van der Waals surface area contributed by atoms with E-state index >= 15 is 0 Å². The van der Waals surface area contributed by atoms with Crippen molar-refractivity contribution in [2.24, 2.45) is 0 Å². The second kappa shape index (κ2) is 10.4. The highest BCUT2D eigenvalue weighted by molar-refractivity contribution is 6.33. The molecule has 0 atom stereocenters. The Morgan fingerprint density at radius 2 is 1.31 bits per heavy atom. The molecule has 6 aromatic rings. The Kier molecular flexibility index (Phi) is 6.65. The maximum absolute atomic E-state index is 9.70. The van der Waals surface area contributed by atoms with E-state index < -0.39 is 5.54 Å². The number of benzene rings is 5. The Hall–Kier alpha value is -4.38. The molecule has 0 aliphatic rings. The Labute approximate surface area is 233 Å². The van der Waals surface area contributed by atoms with Gasteiger partial charge in [-0.15, -0.1) is 0 Å². The topological polar surface area (TPSA) is 50.1 Å². The molecule has 0 radical (unpaired) electrons. The van der Waals surface area contributed by atoms with Gasteiger partial charge >= 0.3 is 0 Å². The highest BCUT2D eigenvalue weighted by Gasteiger charge is 2.40. The third kappa shape index (κ3) is 4.19. The Morgan fingerprint density at radius 1 is 0.744 bits per heavy atom. The molecule has 0 amide bonds. The number of rotatable bonds is 7. The lowest BCUT2D eigenvalue weighted by molar-refractivity contribution is 0.282. The molecule has 192 valence electrons. The minimum Gasteiger partial charge on any atom is -0.392 e. The first-order valence-electron chi connectivity index (χ1n) is 12.9. The van der Waals surface area contributed by atoms with Crippen molar-refractivity contribution in [1.82, 2.24) is 9.78 Å². The Balaban J connectivity index is 1.69. The molecule has 0 spiro atoms. The molecule has 1 heterocycles. The minimum absolute atomic E-state index is 0.0418. The lowest BCUT2D eigenvalue weighted by Crippen LogP contribution is -2.38. The van der Waals surface area contributed by atoms with Crippen LogP contribution in [0.15, 0.2) is 127 Å². The highest BCUT2D eigenvalue weighted by atomic mass is 35.5. The van der Waals surface area contributed by atoms with Crippen LogP contribution < -0.4 is 5.32 Å². The normalized spacial score (nSPS) is 11.6. The molecule has 5 aromatic carbocycles. The van der Waals surface area contributed by atoms with E-state index in [9.17, 15) is 5.11 Å². The predicted molar refractivity (Wildman–Crippen MR) is 160 cm³/mol. The van der Waals surface area contributed by atoms with Crippen LogP contribution in [0.3, 0.4) is 0 Å². The van der Waals surface area contributed by atoms with Gasteiger partial charge in [0, 0.05) is 23.0 Å². The number of nitrogens with one attached hydrogen (secondary N) is 1. The summed E-state index contributed by atoms with van der Waals surface area (Å²) in [4.78, 5) is 0. The lowest BCUT2D eigenvalue weighted by Gasteiger charge is -2.37. The molecule has 0 saturated carbocycles. The van der Waals surface area contributed by atoms with Crippen LogP contribution in [0.1, 0.15) is 22.3 Å². The minimum atomic E-state index is -0.729. The van der Waals surface area contributed by atoms with Gasteiger partial charge in [-0.1, -0.05) is 115 Å². The fraction of sp³-hybridized carbons (Fsp3) is 0.0882. The van der Waals surface area contributed by atoms with Crippen molar-refractivity contribution < 1.29 is 5.11 Å². The molecule has 0 aliphatic heterocycles. The number of hydrogen-bond acceptors (Lipinski definition) is 3. The Bertz CT molecular complexity index is 1630. The average Bonchev–Trinajstić information content (AvgIpc) is 3.38. The number of aliphatic hydroxyl groups excluding tert-OH is 1. The zero-order valence-electron chi connectivity index (χ0n) is 21.6. The maximum atomic E-state index is 9.70. The smallest absolute Gasteiger partial charge is 0.155 e. The van der Waals surface area contributed by atoms with E-state index in [2.05, 4.69) is 101 Å². The molecule has 0 unspecified atom stereocenters. The second-order valence-corrected chi connectivity index (χ2v) is 9.93. The summed E-state index contributed by atoms with van der Waals surface area (Å²) in [6.45, 7) is -0.0418. The molecule has 0 saturated heterocycles. The monoisotopic (exact) mass is 529 g/mol. The number of anilines is 1. The number of fused-ring (bicyclic) bond motifs is 1. The molecule has 4 nitrogen and oxygen atoms in total. The SMILES string of the molecule is CNc1nn(C(c2ccccc2)(c2ccccc2)c2ccccc2)c2ccc(-c3cc(CO)ccc3Cl)cc12. The summed E-state index contributed by atoms with van der Waals surface area (Å²) in [6.07, 6.45) is 0. The first-order valence-corrected chi connectivity index (χ1v) is 13.3. The summed E-state index contributed by atoms with van der Waals surface area (Å²) < 4.78 is 2.14. The van der Waals surface area contributed by atoms with Crippen molar-refractivity contribution in [3.63, 3.8) is 0 Å². The molecule has 0 aliphatic carbocycles. The number of halogens is 1. The van der Waals surface area contributed by atoms with Crippen LogP contribution in [-0.4, -0.2) is 21.9 Å². The van der Waals surface area contributed by atoms with Gasteiger partial charge in [-0.3, -0.25) is 0 Å². The van der Waals surface area contributed by atoms with Gasteiger partial charge in [0.25, 0.3) is 0 Å². The van der Waals surface area contributed by atoms with Crippen molar-refractivity contribution in [3.05, 3.63) is 155 Å². The zero-order valence-corrected chi connectivity index (χ0v) is 22.3. The van der Waals surface area contributed by atoms with E-state index in [0.717, 1.165) is 50.1 Å². The van der Waals surface area contributed by atoms with E-state index in [-0.39, 0.29) is 6.61 Å². The van der Waals surface area contributed by atoms with E-state index in [4.69, 9.17) is 16.7 Å². The highest BCUT2D eigenvalue weighted by Crippen LogP contribution is 2.44. The van der Waals surface area contributed by atoms with Crippen LogP contribution in [-0.2, 0) is 12.1 Å². The zero-order chi connectivity index (χ0) is 26.8. The van der Waals surface area contributed by atoms with Gasteiger partial charge in [0.1, 0.15) is 5.54 Å². The first kappa shape index (κ1) is 24.9. The predicted octanol–water partition coefficient (Wildman–Crippen LogP) is 7.73. The van der Waals surface area contributed by atoms with Gasteiger partial charge in [-0.25, -0.2) is 4.68 Å². The molecule has 1 aromatic heterocycles. The summed E-state index contributed by atoms with van der Waals surface area (Å²) in [6, 6.07) is 43.5. The molecular weight excluding hydrogens is 502 g/mol. The van der Waals surface area contributed by atoms with Crippen LogP contribution in [0, 0.1) is 0 Å². The van der Waals surface area contributed by atoms with Crippen LogP contribution in [0.4, 0.5) is 5.82 Å². The van der Waals surface area contributed by atoms with Gasteiger partial charge in [0.15, 0.2) is 5.82 Å². The van der Waals surface area contributed by atoms with Crippen LogP contribution in [0.5, 0.6) is 0 Å². The number of nitrogens with zero attached hydrogens (tertiary/aromatic N) is 2. The van der Waals surface area contributed by atoms with Crippen molar-refractivity contribution in [3.8, 4) is 11.1 Å². The van der Waals surface area contributed by atoms with Gasteiger partial charge < -0.3 is 10.4 Å². The summed E-state index contributed by atoms with van der Waals surface area (Å²) in [5.74, 6) is 0.772. The molecule has 0 bridgehead atoms. The molecule has 2 N–H and O–H groups in total. The summed E-state index contributed by atoms with van der Waals surface area (Å²) in [5, 5.41) is 19.9. The summed E-state index contributed by atoms with van der Waals surface area (Å²) in [5.41, 5.74) is 6.23. The van der Waals surface area contributed by atoms with E-state index in [0.29, 0.717) is 5.02 Å². The van der Waals surface area contributed by atoms with Crippen molar-refractivity contribution in [2.45, 2.75) is 12.1 Å². The molecule has 5 heteroatoms. The van der Waals surface area contributed by atoms with E-state index in [1.165, 1.54) is 0 Å². The first-order chi connectivity index (χ1) is 19.2. The molecule has 0 fully saturated rings. The number of hydrogen-bond donors (Lipinski definition) is 2. The maximum Gasteiger partial charge on any atom is 0.155 e. The fourth-order valence-electron chi connectivity index (χ4n) is 5.52. The lowest BCUT2D eigenvalue weighted by atomic mass is 9.77. The van der Waals surface area contributed by atoms with Gasteiger partial charge in [-0.2, -0.15) is 5.10 Å². The van der Waals surface area contributed by atoms with E-state index in [1.807, 2.05) is 43.4 Å².